The predicted molar refractivity (Wildman–Crippen MR) is 121 cm³/mol. The van der Waals surface area contributed by atoms with Crippen LogP contribution >= 0.6 is 0 Å². The van der Waals surface area contributed by atoms with Crippen molar-refractivity contribution in [2.45, 2.75) is 62.7 Å². The summed E-state index contributed by atoms with van der Waals surface area (Å²) >= 11 is 0. The standard InChI is InChI=1S/C20H33N7O8/c21-6-2-1-3-13(25-17(31)12(22)9-28)18(32)26-14(4-5-16(29)30)19(33)27-15(20(34)35)7-11-8-23-10-24-11/h8,10,12-15,28H,1-7,9,21-22H2,(H,23,24)(H,25,31)(H,26,32)(H,27,33)(H,29,30)(H,34,35). The Balaban J connectivity index is 2.99. The van der Waals surface area contributed by atoms with Gasteiger partial charge in [-0.2, -0.15) is 0 Å². The lowest BCUT2D eigenvalue weighted by molar-refractivity contribution is -0.143. The Morgan fingerprint density at radius 1 is 0.943 bits per heavy atom. The van der Waals surface area contributed by atoms with Crippen LogP contribution in [0.25, 0.3) is 0 Å². The molecule has 0 saturated heterocycles. The summed E-state index contributed by atoms with van der Waals surface area (Å²) in [6.45, 7) is -0.311. The Kier molecular flexibility index (Phi) is 12.9. The molecule has 0 aliphatic carbocycles. The second-order valence-corrected chi connectivity index (χ2v) is 7.81. The quantitative estimate of drug-likeness (QED) is 0.0963. The normalized spacial score (nSPS) is 14.3. The molecule has 0 radical (unpaired) electrons. The summed E-state index contributed by atoms with van der Waals surface area (Å²) in [5, 5.41) is 34.6. The van der Waals surface area contributed by atoms with Crippen molar-refractivity contribution in [2.24, 2.45) is 11.5 Å². The molecule has 0 aromatic carbocycles. The van der Waals surface area contributed by atoms with Crippen LogP contribution in [0.5, 0.6) is 0 Å². The first kappa shape index (κ1) is 29.5. The molecule has 0 aliphatic rings. The summed E-state index contributed by atoms with van der Waals surface area (Å²) < 4.78 is 0. The van der Waals surface area contributed by atoms with Gasteiger partial charge < -0.3 is 47.7 Å². The van der Waals surface area contributed by atoms with Crippen molar-refractivity contribution in [3.05, 3.63) is 18.2 Å². The Morgan fingerprint density at radius 2 is 1.54 bits per heavy atom. The number of hydrogen-bond donors (Lipinski definition) is 9. The van der Waals surface area contributed by atoms with E-state index in [0.717, 1.165) is 0 Å². The highest BCUT2D eigenvalue weighted by Gasteiger charge is 2.30. The van der Waals surface area contributed by atoms with E-state index in [1.54, 1.807) is 0 Å². The highest BCUT2D eigenvalue weighted by molar-refractivity contribution is 5.94. The van der Waals surface area contributed by atoms with Crippen molar-refractivity contribution in [1.29, 1.82) is 0 Å². The van der Waals surface area contributed by atoms with Crippen LogP contribution in [-0.4, -0.2) is 92.3 Å². The minimum absolute atomic E-state index is 0.127. The van der Waals surface area contributed by atoms with Gasteiger partial charge in [0.25, 0.3) is 0 Å². The van der Waals surface area contributed by atoms with Crippen LogP contribution in [0, 0.1) is 0 Å². The van der Waals surface area contributed by atoms with Gasteiger partial charge in [0, 0.05) is 24.7 Å². The average Bonchev–Trinajstić information content (AvgIpc) is 3.32. The zero-order valence-electron chi connectivity index (χ0n) is 19.1. The van der Waals surface area contributed by atoms with Gasteiger partial charge >= 0.3 is 11.9 Å². The molecule has 3 amide bonds. The molecule has 35 heavy (non-hydrogen) atoms. The number of carbonyl (C=O) groups is 5. The summed E-state index contributed by atoms with van der Waals surface area (Å²) in [6.07, 6.45) is 2.91. The van der Waals surface area contributed by atoms with Crippen LogP contribution in [-0.2, 0) is 30.4 Å². The van der Waals surface area contributed by atoms with Crippen LogP contribution in [0.4, 0.5) is 0 Å². The van der Waals surface area contributed by atoms with Crippen LogP contribution in [0.3, 0.4) is 0 Å². The molecule has 0 aliphatic heterocycles. The van der Waals surface area contributed by atoms with E-state index in [1.165, 1.54) is 12.5 Å². The number of aromatic amines is 1. The first-order valence-electron chi connectivity index (χ1n) is 11.0. The number of carbonyl (C=O) groups excluding carboxylic acids is 3. The molecule has 11 N–H and O–H groups in total. The minimum atomic E-state index is -1.40. The van der Waals surface area contributed by atoms with E-state index in [-0.39, 0.29) is 19.3 Å². The van der Waals surface area contributed by atoms with Gasteiger partial charge in [-0.05, 0) is 32.2 Å². The van der Waals surface area contributed by atoms with Crippen molar-refractivity contribution >= 4 is 29.7 Å². The predicted octanol–water partition coefficient (Wildman–Crippen LogP) is -3.20. The van der Waals surface area contributed by atoms with E-state index in [1.807, 2.05) is 0 Å². The number of carboxylic acid groups (broad SMARTS) is 2. The zero-order chi connectivity index (χ0) is 26.4. The molecule has 4 atom stereocenters. The maximum Gasteiger partial charge on any atom is 0.326 e. The summed E-state index contributed by atoms with van der Waals surface area (Å²) in [6, 6.07) is -5.20. The lowest BCUT2D eigenvalue weighted by atomic mass is 10.0. The number of rotatable bonds is 17. The molecule has 15 nitrogen and oxygen atoms in total. The van der Waals surface area contributed by atoms with E-state index < -0.39 is 66.9 Å². The highest BCUT2D eigenvalue weighted by Crippen LogP contribution is 2.06. The molecule has 1 heterocycles. The van der Waals surface area contributed by atoms with Crippen molar-refractivity contribution < 1.29 is 39.3 Å². The number of nitrogens with zero attached hydrogens (tertiary/aromatic N) is 1. The fourth-order valence-electron chi connectivity index (χ4n) is 3.02. The molecular formula is C20H33N7O8. The maximum atomic E-state index is 12.9. The van der Waals surface area contributed by atoms with Gasteiger partial charge in [-0.25, -0.2) is 9.78 Å². The first-order chi connectivity index (χ1) is 16.6. The van der Waals surface area contributed by atoms with Crippen LogP contribution in [0.15, 0.2) is 12.5 Å². The third-order valence-electron chi connectivity index (χ3n) is 4.99. The number of aromatic nitrogens is 2. The van der Waals surface area contributed by atoms with Crippen LogP contribution in [0.2, 0.25) is 0 Å². The summed E-state index contributed by atoms with van der Waals surface area (Å²) in [5.41, 5.74) is 11.4. The number of carboxylic acids is 2. The van der Waals surface area contributed by atoms with Crippen LogP contribution < -0.4 is 27.4 Å². The van der Waals surface area contributed by atoms with Crippen molar-refractivity contribution in [1.82, 2.24) is 25.9 Å². The number of imidazole rings is 1. The monoisotopic (exact) mass is 499 g/mol. The van der Waals surface area contributed by atoms with E-state index in [0.29, 0.717) is 25.1 Å². The number of amides is 3. The molecule has 0 spiro atoms. The Labute approximate surface area is 201 Å². The Morgan fingerprint density at radius 3 is 2.06 bits per heavy atom. The molecular weight excluding hydrogens is 466 g/mol. The Hall–Kier alpha value is -3.56. The summed E-state index contributed by atoms with van der Waals surface area (Å²) in [4.78, 5) is 67.0. The van der Waals surface area contributed by atoms with Gasteiger partial charge in [-0.1, -0.05) is 0 Å². The number of hydrogen-bond acceptors (Lipinski definition) is 9. The Bertz CT molecular complexity index is 849. The molecule has 1 rings (SSSR count). The lowest BCUT2D eigenvalue weighted by Crippen LogP contribution is -2.57. The van der Waals surface area contributed by atoms with Gasteiger partial charge in [0.2, 0.25) is 17.7 Å². The molecule has 15 heteroatoms. The topological polar surface area (TPSA) is 263 Å². The molecule has 196 valence electrons. The fraction of sp³-hybridized carbons (Fsp3) is 0.600. The number of aliphatic hydroxyl groups excluding tert-OH is 1. The fourth-order valence-corrected chi connectivity index (χ4v) is 3.02. The van der Waals surface area contributed by atoms with Crippen LogP contribution in [0.1, 0.15) is 37.8 Å². The number of nitrogens with two attached hydrogens (primary N) is 2. The molecule has 0 bridgehead atoms. The summed E-state index contributed by atoms with van der Waals surface area (Å²) in [5.74, 6) is -5.08. The van der Waals surface area contributed by atoms with Crippen molar-refractivity contribution in [3.63, 3.8) is 0 Å². The van der Waals surface area contributed by atoms with Crippen molar-refractivity contribution in [3.8, 4) is 0 Å². The number of aliphatic hydroxyl groups is 1. The second-order valence-electron chi connectivity index (χ2n) is 7.81. The average molecular weight is 500 g/mol. The molecule has 1 aromatic heterocycles. The second kappa shape index (κ2) is 15.4. The maximum absolute atomic E-state index is 12.9. The van der Waals surface area contributed by atoms with Gasteiger partial charge in [-0.3, -0.25) is 19.2 Å². The lowest BCUT2D eigenvalue weighted by Gasteiger charge is -2.25. The third-order valence-corrected chi connectivity index (χ3v) is 4.99. The largest absolute Gasteiger partial charge is 0.481 e. The van der Waals surface area contributed by atoms with Gasteiger partial charge in [0.05, 0.1) is 12.9 Å². The number of unbranched alkanes of at least 4 members (excludes halogenated alkanes) is 1. The molecule has 0 saturated carbocycles. The smallest absolute Gasteiger partial charge is 0.326 e. The van der Waals surface area contributed by atoms with E-state index in [2.05, 4.69) is 25.9 Å². The first-order valence-corrected chi connectivity index (χ1v) is 11.0. The molecule has 1 aromatic rings. The molecule has 4 unspecified atom stereocenters. The third kappa shape index (κ3) is 10.9. The van der Waals surface area contributed by atoms with E-state index in [9.17, 15) is 29.1 Å². The number of H-pyrrole nitrogens is 1. The van der Waals surface area contributed by atoms with Gasteiger partial charge in [0.1, 0.15) is 24.2 Å². The van der Waals surface area contributed by atoms with Gasteiger partial charge in [0.15, 0.2) is 0 Å². The van der Waals surface area contributed by atoms with E-state index in [4.69, 9.17) is 21.7 Å². The van der Waals surface area contributed by atoms with Gasteiger partial charge in [-0.15, -0.1) is 0 Å². The SMILES string of the molecule is NCCCCC(NC(=O)C(N)CO)C(=O)NC(CCC(=O)O)C(=O)NC(Cc1cnc[nH]1)C(=O)O. The minimum Gasteiger partial charge on any atom is -0.481 e. The number of nitrogens with one attached hydrogen (secondary N) is 4. The number of aliphatic carboxylic acids is 2. The molecule has 0 fully saturated rings. The zero-order valence-corrected chi connectivity index (χ0v) is 19.1. The highest BCUT2D eigenvalue weighted by atomic mass is 16.4. The van der Waals surface area contributed by atoms with Crippen molar-refractivity contribution in [2.75, 3.05) is 13.2 Å². The van der Waals surface area contributed by atoms with E-state index >= 15 is 0 Å². The summed E-state index contributed by atoms with van der Waals surface area (Å²) in [7, 11) is 0.